The molecular weight excluding hydrogens is 253 g/mol. The molecule has 9 heteroatoms. The second-order valence-electron chi connectivity index (χ2n) is 4.29. The van der Waals surface area contributed by atoms with E-state index in [-0.39, 0.29) is 0 Å². The van der Waals surface area contributed by atoms with E-state index in [9.17, 15) is 18.0 Å². The third-order valence-electron chi connectivity index (χ3n) is 3.14. The van der Waals surface area contributed by atoms with Crippen LogP contribution in [0.2, 0.25) is 0 Å². The van der Waals surface area contributed by atoms with Gasteiger partial charge in [0.15, 0.2) is 0 Å². The van der Waals surface area contributed by atoms with Gasteiger partial charge in [-0.3, -0.25) is 4.79 Å². The van der Waals surface area contributed by atoms with Crippen LogP contribution in [0.25, 0.3) is 0 Å². The van der Waals surface area contributed by atoms with Crippen molar-refractivity contribution in [2.75, 3.05) is 0 Å². The molecule has 2 rings (SSSR count). The zero-order valence-corrected chi connectivity index (χ0v) is 9.26. The molecule has 0 aliphatic heterocycles. The predicted octanol–water partition coefficient (Wildman–Crippen LogP) is 1.51. The summed E-state index contributed by atoms with van der Waals surface area (Å²) in [6, 6.07) is -0.479. The number of carboxylic acid groups (broad SMARTS) is 1. The van der Waals surface area contributed by atoms with E-state index in [1.54, 1.807) is 0 Å². The maximum atomic E-state index is 12.6. The molecular formula is C9H11F3N4O2. The van der Waals surface area contributed by atoms with Crippen molar-refractivity contribution in [3.8, 4) is 0 Å². The van der Waals surface area contributed by atoms with Gasteiger partial charge in [-0.1, -0.05) is 0 Å². The first-order valence-corrected chi connectivity index (χ1v) is 5.47. The lowest BCUT2D eigenvalue weighted by molar-refractivity contribution is -0.150. The minimum absolute atomic E-state index is 0.338. The summed E-state index contributed by atoms with van der Waals surface area (Å²) in [5, 5.41) is 18.2. The van der Waals surface area contributed by atoms with E-state index in [1.165, 1.54) is 0 Å². The molecule has 100 valence electrons. The molecule has 18 heavy (non-hydrogen) atoms. The van der Waals surface area contributed by atoms with Crippen LogP contribution in [0.4, 0.5) is 13.2 Å². The number of carbonyl (C=O) groups is 1. The lowest BCUT2D eigenvalue weighted by atomic mass is 9.86. The molecule has 0 unspecified atom stereocenters. The number of hydrogen-bond donors (Lipinski definition) is 1. The molecule has 0 atom stereocenters. The van der Waals surface area contributed by atoms with Gasteiger partial charge in [0.05, 0.1) is 12.0 Å². The third-order valence-corrected chi connectivity index (χ3v) is 3.14. The Morgan fingerprint density at radius 3 is 2.39 bits per heavy atom. The highest BCUT2D eigenvalue weighted by Gasteiger charge is 2.40. The molecule has 1 saturated carbocycles. The zero-order valence-electron chi connectivity index (χ0n) is 9.26. The quantitative estimate of drug-likeness (QED) is 0.875. The van der Waals surface area contributed by atoms with Crippen LogP contribution in [-0.2, 0) is 11.0 Å². The molecule has 0 radical (unpaired) electrons. The van der Waals surface area contributed by atoms with Crippen molar-refractivity contribution < 1.29 is 23.1 Å². The van der Waals surface area contributed by atoms with Crippen LogP contribution in [0.5, 0.6) is 0 Å². The molecule has 1 fully saturated rings. The average Bonchev–Trinajstić information content (AvgIpc) is 2.77. The summed E-state index contributed by atoms with van der Waals surface area (Å²) in [6.45, 7) is 0. The minimum Gasteiger partial charge on any atom is -0.481 e. The Kier molecular flexibility index (Phi) is 3.22. The number of halogens is 3. The molecule has 1 heterocycles. The zero-order chi connectivity index (χ0) is 13.3. The van der Waals surface area contributed by atoms with Gasteiger partial charge in [0.1, 0.15) is 0 Å². The maximum absolute atomic E-state index is 12.6. The van der Waals surface area contributed by atoms with Gasteiger partial charge in [-0.2, -0.15) is 13.2 Å². The molecule has 6 nitrogen and oxygen atoms in total. The van der Waals surface area contributed by atoms with Gasteiger partial charge in [-0.05, 0) is 36.1 Å². The van der Waals surface area contributed by atoms with Crippen LogP contribution in [0.15, 0.2) is 0 Å². The Balaban J connectivity index is 2.11. The standard InChI is InChI=1S/C9H11F3N4O2/c10-9(11,12)8-13-14-15-16(8)6-3-1-5(2-4-6)7(17)18/h5-6H,1-4H2,(H,17,18)/t5-,6-. The molecule has 0 saturated heterocycles. The molecule has 0 aromatic carbocycles. The normalized spacial score (nSPS) is 25.1. The largest absolute Gasteiger partial charge is 0.481 e. The Hall–Kier alpha value is -1.67. The summed E-state index contributed by atoms with van der Waals surface area (Å²) in [6.07, 6.45) is -3.22. The number of rotatable bonds is 2. The molecule has 0 bridgehead atoms. The van der Waals surface area contributed by atoms with Crippen molar-refractivity contribution in [3.05, 3.63) is 5.82 Å². The topological polar surface area (TPSA) is 80.9 Å². The molecule has 1 aromatic rings. The van der Waals surface area contributed by atoms with Crippen molar-refractivity contribution in [3.63, 3.8) is 0 Å². The van der Waals surface area contributed by atoms with Crippen LogP contribution in [0.3, 0.4) is 0 Å². The van der Waals surface area contributed by atoms with Gasteiger partial charge >= 0.3 is 12.1 Å². The summed E-state index contributed by atoms with van der Waals surface area (Å²) in [5.74, 6) is -2.51. The lowest BCUT2D eigenvalue weighted by Gasteiger charge is -2.26. The summed E-state index contributed by atoms with van der Waals surface area (Å²) in [5.41, 5.74) is 0. The summed E-state index contributed by atoms with van der Waals surface area (Å²) in [7, 11) is 0. The molecule has 0 spiro atoms. The molecule has 1 aliphatic rings. The van der Waals surface area contributed by atoms with Crippen LogP contribution >= 0.6 is 0 Å². The van der Waals surface area contributed by atoms with Gasteiger partial charge in [0.25, 0.3) is 5.82 Å². The summed E-state index contributed by atoms with van der Waals surface area (Å²) >= 11 is 0. The SMILES string of the molecule is O=C(O)[C@H]1CC[C@H](n2nnnc2C(F)(F)F)CC1. The second-order valence-corrected chi connectivity index (χ2v) is 4.29. The van der Waals surface area contributed by atoms with Crippen LogP contribution in [0.1, 0.15) is 37.5 Å². The van der Waals surface area contributed by atoms with Gasteiger partial charge < -0.3 is 5.11 Å². The van der Waals surface area contributed by atoms with Gasteiger partial charge in [0, 0.05) is 0 Å². The fraction of sp³-hybridized carbons (Fsp3) is 0.778. The number of aliphatic carboxylic acids is 1. The van der Waals surface area contributed by atoms with Crippen LogP contribution < -0.4 is 0 Å². The van der Waals surface area contributed by atoms with Gasteiger partial charge in [-0.15, -0.1) is 5.10 Å². The minimum atomic E-state index is -4.59. The Morgan fingerprint density at radius 1 is 1.28 bits per heavy atom. The van der Waals surface area contributed by atoms with Gasteiger partial charge in [0.2, 0.25) is 0 Å². The number of alkyl halides is 3. The van der Waals surface area contributed by atoms with Crippen molar-refractivity contribution in [1.29, 1.82) is 0 Å². The fourth-order valence-corrected chi connectivity index (χ4v) is 2.19. The third kappa shape index (κ3) is 2.44. The molecule has 0 amide bonds. The van der Waals surface area contributed by atoms with Crippen molar-refractivity contribution in [2.24, 2.45) is 5.92 Å². The number of aromatic nitrogens is 4. The predicted molar refractivity (Wildman–Crippen MR) is 51.4 cm³/mol. The van der Waals surface area contributed by atoms with E-state index < -0.39 is 29.9 Å². The first-order valence-electron chi connectivity index (χ1n) is 5.47. The van der Waals surface area contributed by atoms with Crippen LogP contribution in [0, 0.1) is 5.92 Å². The Morgan fingerprint density at radius 2 is 1.89 bits per heavy atom. The Labute approximate surface area is 99.8 Å². The lowest BCUT2D eigenvalue weighted by Crippen LogP contribution is -2.27. The van der Waals surface area contributed by atoms with E-state index in [0.717, 1.165) is 4.68 Å². The van der Waals surface area contributed by atoms with Crippen molar-refractivity contribution >= 4 is 5.97 Å². The summed E-state index contributed by atoms with van der Waals surface area (Å²) < 4.78 is 38.5. The monoisotopic (exact) mass is 264 g/mol. The summed E-state index contributed by atoms with van der Waals surface area (Å²) in [4.78, 5) is 10.7. The number of nitrogens with zero attached hydrogens (tertiary/aromatic N) is 4. The second kappa shape index (κ2) is 4.54. The number of carboxylic acids is 1. The number of tetrazole rings is 1. The van der Waals surface area contributed by atoms with Gasteiger partial charge in [-0.25, -0.2) is 4.68 Å². The highest BCUT2D eigenvalue weighted by atomic mass is 19.4. The number of hydrogen-bond acceptors (Lipinski definition) is 4. The van der Waals surface area contributed by atoms with E-state index in [1.807, 2.05) is 0 Å². The molecule has 1 N–H and O–H groups in total. The van der Waals surface area contributed by atoms with E-state index in [4.69, 9.17) is 5.11 Å². The van der Waals surface area contributed by atoms with E-state index in [0.29, 0.717) is 25.7 Å². The smallest absolute Gasteiger partial charge is 0.453 e. The highest BCUT2D eigenvalue weighted by Crippen LogP contribution is 2.35. The molecule has 1 aromatic heterocycles. The highest BCUT2D eigenvalue weighted by molar-refractivity contribution is 5.70. The first kappa shape index (κ1) is 12.8. The van der Waals surface area contributed by atoms with Crippen LogP contribution in [-0.4, -0.2) is 31.3 Å². The first-order chi connectivity index (χ1) is 8.39. The fourth-order valence-electron chi connectivity index (χ4n) is 2.19. The van der Waals surface area contributed by atoms with Crippen molar-refractivity contribution in [1.82, 2.24) is 20.2 Å². The Bertz CT molecular complexity index is 437. The average molecular weight is 264 g/mol. The van der Waals surface area contributed by atoms with Crippen molar-refractivity contribution in [2.45, 2.75) is 37.9 Å². The van der Waals surface area contributed by atoms with E-state index >= 15 is 0 Å². The molecule has 1 aliphatic carbocycles. The van der Waals surface area contributed by atoms with E-state index in [2.05, 4.69) is 15.5 Å². The maximum Gasteiger partial charge on any atom is 0.453 e.